The van der Waals surface area contributed by atoms with Gasteiger partial charge in [-0.1, -0.05) is 6.07 Å². The van der Waals surface area contributed by atoms with Crippen molar-refractivity contribution in [2.45, 2.75) is 6.04 Å². The molecule has 0 heterocycles. The Kier molecular flexibility index (Phi) is 4.45. The van der Waals surface area contributed by atoms with Crippen molar-refractivity contribution in [3.63, 3.8) is 0 Å². The molecular weight excluding hydrogens is 204 g/mol. The second-order valence-corrected chi connectivity index (χ2v) is 3.03. The monoisotopic (exact) mass is 217 g/mol. The van der Waals surface area contributed by atoms with E-state index in [0.717, 1.165) is 6.07 Å². The highest BCUT2D eigenvalue weighted by atomic mass is 19.2. The summed E-state index contributed by atoms with van der Waals surface area (Å²) in [4.78, 5) is 0. The Morgan fingerprint density at radius 2 is 2.20 bits per heavy atom. The van der Waals surface area contributed by atoms with Crippen LogP contribution in [0.3, 0.4) is 0 Å². The summed E-state index contributed by atoms with van der Waals surface area (Å²) >= 11 is 0. The molecule has 0 spiro atoms. The van der Waals surface area contributed by atoms with Gasteiger partial charge in [-0.2, -0.15) is 4.39 Å². The van der Waals surface area contributed by atoms with Gasteiger partial charge in [-0.05, 0) is 19.2 Å². The molecule has 0 amide bonds. The molecule has 15 heavy (non-hydrogen) atoms. The zero-order valence-corrected chi connectivity index (χ0v) is 8.34. The maximum Gasteiger partial charge on any atom is 0.200 e. The third-order valence-corrected chi connectivity index (χ3v) is 1.98. The number of rotatable bonds is 5. The van der Waals surface area contributed by atoms with Crippen LogP contribution in [0.2, 0.25) is 0 Å². The molecule has 0 aliphatic heterocycles. The van der Waals surface area contributed by atoms with Gasteiger partial charge in [0, 0.05) is 0 Å². The molecule has 0 aliphatic carbocycles. The SMILES string of the molecule is CNC(CO)COc1cccc(F)c1F. The minimum Gasteiger partial charge on any atom is -0.489 e. The fourth-order valence-electron chi connectivity index (χ4n) is 1.01. The molecule has 2 N–H and O–H groups in total. The van der Waals surface area contributed by atoms with Gasteiger partial charge in [-0.3, -0.25) is 0 Å². The van der Waals surface area contributed by atoms with Crippen molar-refractivity contribution in [3.8, 4) is 5.75 Å². The highest BCUT2D eigenvalue weighted by Gasteiger charge is 2.11. The molecule has 0 saturated heterocycles. The van der Waals surface area contributed by atoms with Crippen molar-refractivity contribution >= 4 is 0 Å². The number of aliphatic hydroxyl groups excluding tert-OH is 1. The second-order valence-electron chi connectivity index (χ2n) is 3.03. The van der Waals surface area contributed by atoms with Crippen LogP contribution in [0.25, 0.3) is 0 Å². The quantitative estimate of drug-likeness (QED) is 0.770. The summed E-state index contributed by atoms with van der Waals surface area (Å²) in [7, 11) is 1.65. The Morgan fingerprint density at radius 1 is 1.47 bits per heavy atom. The van der Waals surface area contributed by atoms with E-state index in [1.807, 2.05) is 0 Å². The van der Waals surface area contributed by atoms with E-state index in [-0.39, 0.29) is 25.0 Å². The van der Waals surface area contributed by atoms with Crippen LogP contribution in [0.5, 0.6) is 5.75 Å². The lowest BCUT2D eigenvalue weighted by Crippen LogP contribution is -2.35. The molecule has 0 saturated carbocycles. The zero-order chi connectivity index (χ0) is 11.3. The second kappa shape index (κ2) is 5.63. The Bertz CT molecular complexity index is 316. The molecule has 0 aliphatic rings. The van der Waals surface area contributed by atoms with Crippen molar-refractivity contribution < 1.29 is 18.6 Å². The Labute approximate surface area is 86.7 Å². The van der Waals surface area contributed by atoms with Crippen molar-refractivity contribution in [2.75, 3.05) is 20.3 Å². The van der Waals surface area contributed by atoms with E-state index < -0.39 is 11.6 Å². The molecular formula is C10H13F2NO2. The first kappa shape index (κ1) is 11.9. The Hall–Kier alpha value is -1.20. The minimum absolute atomic E-state index is 0.0768. The van der Waals surface area contributed by atoms with Crippen molar-refractivity contribution in [1.82, 2.24) is 5.32 Å². The zero-order valence-electron chi connectivity index (χ0n) is 8.34. The van der Waals surface area contributed by atoms with Gasteiger partial charge in [0.1, 0.15) is 6.61 Å². The molecule has 84 valence electrons. The number of benzene rings is 1. The third-order valence-electron chi connectivity index (χ3n) is 1.98. The molecule has 0 fully saturated rings. The van der Waals surface area contributed by atoms with Crippen LogP contribution in [0.15, 0.2) is 18.2 Å². The molecule has 0 bridgehead atoms. The minimum atomic E-state index is -1.01. The van der Waals surface area contributed by atoms with Crippen LogP contribution in [0.1, 0.15) is 0 Å². The number of ether oxygens (including phenoxy) is 1. The van der Waals surface area contributed by atoms with E-state index in [1.165, 1.54) is 12.1 Å². The number of hydrogen-bond donors (Lipinski definition) is 2. The van der Waals surface area contributed by atoms with Crippen molar-refractivity contribution in [2.24, 2.45) is 0 Å². The lowest BCUT2D eigenvalue weighted by molar-refractivity contribution is 0.184. The van der Waals surface area contributed by atoms with E-state index in [1.54, 1.807) is 7.05 Å². The van der Waals surface area contributed by atoms with E-state index in [2.05, 4.69) is 5.32 Å². The summed E-state index contributed by atoms with van der Waals surface area (Å²) in [5.74, 6) is -2.11. The highest BCUT2D eigenvalue weighted by Crippen LogP contribution is 2.18. The first-order chi connectivity index (χ1) is 7.19. The Balaban J connectivity index is 2.61. The molecule has 3 nitrogen and oxygen atoms in total. The van der Waals surface area contributed by atoms with Crippen LogP contribution in [-0.4, -0.2) is 31.4 Å². The number of likely N-dealkylation sites (N-methyl/N-ethyl adjacent to an activating group) is 1. The number of halogens is 2. The molecule has 1 unspecified atom stereocenters. The topological polar surface area (TPSA) is 41.5 Å². The molecule has 1 rings (SSSR count). The van der Waals surface area contributed by atoms with Gasteiger partial charge in [0.05, 0.1) is 12.6 Å². The predicted octanol–water partition coefficient (Wildman–Crippen LogP) is 0.924. The summed E-state index contributed by atoms with van der Waals surface area (Å²) in [6, 6.07) is 3.42. The van der Waals surface area contributed by atoms with E-state index in [0.29, 0.717) is 0 Å². The maximum absolute atomic E-state index is 13.1. The molecule has 1 atom stereocenters. The first-order valence-electron chi connectivity index (χ1n) is 4.54. The van der Waals surface area contributed by atoms with Gasteiger partial charge < -0.3 is 15.2 Å². The molecule has 1 aromatic carbocycles. The standard InChI is InChI=1S/C10H13F2NO2/c1-13-7(5-14)6-15-9-4-2-3-8(11)10(9)12/h2-4,7,13-14H,5-6H2,1H3. The summed E-state index contributed by atoms with van der Waals surface area (Å²) in [5, 5.41) is 11.6. The van der Waals surface area contributed by atoms with Gasteiger partial charge in [0.2, 0.25) is 5.82 Å². The molecule has 1 aromatic rings. The largest absolute Gasteiger partial charge is 0.489 e. The fraction of sp³-hybridized carbons (Fsp3) is 0.400. The number of nitrogens with one attached hydrogen (secondary N) is 1. The summed E-state index contributed by atoms with van der Waals surface area (Å²) < 4.78 is 30.8. The van der Waals surface area contributed by atoms with Crippen molar-refractivity contribution in [1.29, 1.82) is 0 Å². The first-order valence-corrected chi connectivity index (χ1v) is 4.54. The third kappa shape index (κ3) is 3.14. The summed E-state index contributed by atoms with van der Waals surface area (Å²) in [6.07, 6.45) is 0. The van der Waals surface area contributed by atoms with E-state index in [9.17, 15) is 8.78 Å². The van der Waals surface area contributed by atoms with E-state index >= 15 is 0 Å². The van der Waals surface area contributed by atoms with Gasteiger partial charge in [-0.15, -0.1) is 0 Å². The van der Waals surface area contributed by atoms with Crippen LogP contribution in [0, 0.1) is 11.6 Å². The van der Waals surface area contributed by atoms with Crippen molar-refractivity contribution in [3.05, 3.63) is 29.8 Å². The lowest BCUT2D eigenvalue weighted by Gasteiger charge is -2.14. The number of aliphatic hydroxyl groups is 1. The molecule has 0 aromatic heterocycles. The average Bonchev–Trinajstić information content (AvgIpc) is 2.25. The maximum atomic E-state index is 13.1. The van der Waals surface area contributed by atoms with Gasteiger partial charge >= 0.3 is 0 Å². The van der Waals surface area contributed by atoms with E-state index in [4.69, 9.17) is 9.84 Å². The predicted molar refractivity (Wildman–Crippen MR) is 51.8 cm³/mol. The normalized spacial score (nSPS) is 12.5. The smallest absolute Gasteiger partial charge is 0.200 e. The highest BCUT2D eigenvalue weighted by molar-refractivity contribution is 5.25. The van der Waals surface area contributed by atoms with Gasteiger partial charge in [0.25, 0.3) is 0 Å². The number of hydrogen-bond acceptors (Lipinski definition) is 3. The molecule has 0 radical (unpaired) electrons. The Morgan fingerprint density at radius 3 is 2.80 bits per heavy atom. The fourth-order valence-corrected chi connectivity index (χ4v) is 1.01. The van der Waals surface area contributed by atoms with Crippen LogP contribution in [-0.2, 0) is 0 Å². The van der Waals surface area contributed by atoms with Crippen LogP contribution >= 0.6 is 0 Å². The van der Waals surface area contributed by atoms with Gasteiger partial charge in [0.15, 0.2) is 11.6 Å². The lowest BCUT2D eigenvalue weighted by atomic mass is 10.3. The van der Waals surface area contributed by atoms with Gasteiger partial charge in [-0.25, -0.2) is 4.39 Å². The average molecular weight is 217 g/mol. The molecule has 5 heteroatoms. The summed E-state index contributed by atoms with van der Waals surface area (Å²) in [5.41, 5.74) is 0. The summed E-state index contributed by atoms with van der Waals surface area (Å²) in [6.45, 7) is -0.0548. The van der Waals surface area contributed by atoms with Crippen LogP contribution in [0.4, 0.5) is 8.78 Å². The van der Waals surface area contributed by atoms with Crippen LogP contribution < -0.4 is 10.1 Å².